The molecule has 0 aliphatic rings. The molecule has 0 radical (unpaired) electrons. The highest BCUT2D eigenvalue weighted by atomic mass is 32.2. The van der Waals surface area contributed by atoms with Gasteiger partial charge in [-0.2, -0.15) is 5.10 Å². The molecule has 1 aromatic rings. The lowest BCUT2D eigenvalue weighted by Gasteiger charge is -2.16. The Balaban J connectivity index is 3.24. The number of rotatable bonds is 1. The van der Waals surface area contributed by atoms with Crippen LogP contribution in [0.4, 0.5) is 0 Å². The fourth-order valence-electron chi connectivity index (χ4n) is 0.851. The topological polar surface area (TPSA) is 52.0 Å². The third kappa shape index (κ3) is 1.75. The van der Waals surface area contributed by atoms with E-state index in [0.29, 0.717) is 0 Å². The van der Waals surface area contributed by atoms with E-state index in [1.165, 1.54) is 10.7 Å². The van der Waals surface area contributed by atoms with Gasteiger partial charge in [-0.15, -0.1) is 0 Å². The van der Waals surface area contributed by atoms with Gasteiger partial charge in [-0.3, -0.25) is 4.68 Å². The van der Waals surface area contributed by atoms with E-state index in [4.69, 9.17) is 0 Å². The SMILES string of the molecule is Cn1ccc(S(=O)(=O)C(C)(C)C)n1. The van der Waals surface area contributed by atoms with Crippen molar-refractivity contribution in [1.29, 1.82) is 0 Å². The van der Waals surface area contributed by atoms with Gasteiger partial charge in [0, 0.05) is 13.2 Å². The molecular weight excluding hydrogens is 188 g/mol. The van der Waals surface area contributed by atoms with Gasteiger partial charge in [0.05, 0.1) is 4.75 Å². The van der Waals surface area contributed by atoms with Crippen LogP contribution in [0.5, 0.6) is 0 Å². The van der Waals surface area contributed by atoms with Crippen LogP contribution in [0, 0.1) is 0 Å². The molecule has 5 heteroatoms. The maximum absolute atomic E-state index is 11.8. The zero-order chi connectivity index (χ0) is 10.3. The van der Waals surface area contributed by atoms with Crippen molar-refractivity contribution >= 4 is 9.84 Å². The third-order valence-corrected chi connectivity index (χ3v) is 4.15. The molecule has 0 aromatic carbocycles. The van der Waals surface area contributed by atoms with Gasteiger partial charge in [0.1, 0.15) is 0 Å². The van der Waals surface area contributed by atoms with Crippen LogP contribution in [0.2, 0.25) is 0 Å². The molecule has 0 aliphatic heterocycles. The Hall–Kier alpha value is -0.840. The summed E-state index contributed by atoms with van der Waals surface area (Å²) in [4.78, 5) is 0. The normalized spacial score (nSPS) is 13.2. The molecule has 0 saturated heterocycles. The summed E-state index contributed by atoms with van der Waals surface area (Å²) in [5.41, 5.74) is 0. The first-order valence-electron chi connectivity index (χ1n) is 3.99. The Morgan fingerprint density at radius 3 is 2.23 bits per heavy atom. The average Bonchev–Trinajstić information content (AvgIpc) is 2.33. The quantitative estimate of drug-likeness (QED) is 0.682. The highest BCUT2D eigenvalue weighted by Crippen LogP contribution is 2.22. The first-order chi connectivity index (χ1) is 5.75. The number of hydrogen-bond acceptors (Lipinski definition) is 3. The Kier molecular flexibility index (Phi) is 2.23. The standard InChI is InChI=1S/C8H14N2O2S/c1-8(2,3)13(11,12)7-5-6-10(4)9-7/h5-6H,1-4H3. The fourth-order valence-corrected chi connectivity index (χ4v) is 1.95. The van der Waals surface area contributed by atoms with Crippen LogP contribution in [0.15, 0.2) is 17.3 Å². The lowest BCUT2D eigenvalue weighted by Crippen LogP contribution is -2.28. The minimum Gasteiger partial charge on any atom is -0.275 e. The highest BCUT2D eigenvalue weighted by molar-refractivity contribution is 7.92. The van der Waals surface area contributed by atoms with E-state index in [0.717, 1.165) is 0 Å². The van der Waals surface area contributed by atoms with E-state index in [2.05, 4.69) is 5.10 Å². The van der Waals surface area contributed by atoms with Crippen molar-refractivity contribution in [1.82, 2.24) is 9.78 Å². The summed E-state index contributed by atoms with van der Waals surface area (Å²) in [6.07, 6.45) is 1.62. The molecule has 0 fully saturated rings. The van der Waals surface area contributed by atoms with E-state index in [-0.39, 0.29) is 5.03 Å². The van der Waals surface area contributed by atoms with Crippen molar-refractivity contribution in [3.63, 3.8) is 0 Å². The van der Waals surface area contributed by atoms with Crippen LogP contribution < -0.4 is 0 Å². The first-order valence-corrected chi connectivity index (χ1v) is 5.48. The minimum atomic E-state index is -3.29. The number of hydrogen-bond donors (Lipinski definition) is 0. The number of aromatic nitrogens is 2. The second-order valence-corrected chi connectivity index (χ2v) is 6.59. The number of nitrogens with zero attached hydrogens (tertiary/aromatic N) is 2. The van der Waals surface area contributed by atoms with Crippen LogP contribution in [0.25, 0.3) is 0 Å². The Morgan fingerprint density at radius 2 is 1.92 bits per heavy atom. The summed E-state index contributed by atoms with van der Waals surface area (Å²) < 4.78 is 24.3. The molecule has 0 spiro atoms. The zero-order valence-corrected chi connectivity index (χ0v) is 9.09. The Labute approximate surface area is 78.5 Å². The molecule has 0 atom stereocenters. The predicted octanol–water partition coefficient (Wildman–Crippen LogP) is 0.992. The smallest absolute Gasteiger partial charge is 0.202 e. The van der Waals surface area contributed by atoms with Gasteiger partial charge < -0.3 is 0 Å². The molecule has 74 valence electrons. The van der Waals surface area contributed by atoms with Crippen molar-refractivity contribution < 1.29 is 8.42 Å². The van der Waals surface area contributed by atoms with E-state index in [9.17, 15) is 8.42 Å². The van der Waals surface area contributed by atoms with Crippen molar-refractivity contribution in [2.45, 2.75) is 30.5 Å². The monoisotopic (exact) mass is 202 g/mol. The molecule has 13 heavy (non-hydrogen) atoms. The van der Waals surface area contributed by atoms with Gasteiger partial charge in [0.15, 0.2) is 5.03 Å². The molecule has 4 nitrogen and oxygen atoms in total. The molecule has 0 N–H and O–H groups in total. The minimum absolute atomic E-state index is 0.141. The maximum Gasteiger partial charge on any atom is 0.202 e. The summed E-state index contributed by atoms with van der Waals surface area (Å²) in [6.45, 7) is 4.99. The summed E-state index contributed by atoms with van der Waals surface area (Å²) in [7, 11) is -1.59. The summed E-state index contributed by atoms with van der Waals surface area (Å²) in [5, 5.41) is 4.02. The van der Waals surface area contributed by atoms with Crippen LogP contribution in [0.1, 0.15) is 20.8 Å². The second-order valence-electron chi connectivity index (χ2n) is 3.94. The molecule has 0 saturated carbocycles. The predicted molar refractivity (Wildman–Crippen MR) is 50.1 cm³/mol. The van der Waals surface area contributed by atoms with Gasteiger partial charge >= 0.3 is 0 Å². The third-order valence-electron chi connectivity index (χ3n) is 1.77. The van der Waals surface area contributed by atoms with E-state index in [1.54, 1.807) is 34.0 Å². The van der Waals surface area contributed by atoms with E-state index in [1.807, 2.05) is 0 Å². The molecule has 0 bridgehead atoms. The Bertz CT molecular complexity index is 398. The summed E-state index contributed by atoms with van der Waals surface area (Å²) in [5.74, 6) is 0. The van der Waals surface area contributed by atoms with Crippen molar-refractivity contribution in [3.05, 3.63) is 12.3 Å². The van der Waals surface area contributed by atoms with Crippen molar-refractivity contribution in [3.8, 4) is 0 Å². The van der Waals surface area contributed by atoms with Crippen molar-refractivity contribution in [2.75, 3.05) is 0 Å². The average molecular weight is 202 g/mol. The molecule has 1 rings (SSSR count). The maximum atomic E-state index is 11.8. The lowest BCUT2D eigenvalue weighted by atomic mass is 10.3. The number of aryl methyl sites for hydroxylation is 1. The van der Waals surface area contributed by atoms with Gasteiger partial charge in [0.25, 0.3) is 0 Å². The van der Waals surface area contributed by atoms with Gasteiger partial charge in [-0.25, -0.2) is 8.42 Å². The van der Waals surface area contributed by atoms with Crippen LogP contribution in [-0.2, 0) is 16.9 Å². The Morgan fingerprint density at radius 1 is 1.38 bits per heavy atom. The number of sulfone groups is 1. The second kappa shape index (κ2) is 2.83. The van der Waals surface area contributed by atoms with Crippen molar-refractivity contribution in [2.24, 2.45) is 7.05 Å². The molecule has 0 aliphatic carbocycles. The fraction of sp³-hybridized carbons (Fsp3) is 0.625. The molecule has 1 aromatic heterocycles. The van der Waals surface area contributed by atoms with E-state index >= 15 is 0 Å². The first kappa shape index (κ1) is 10.2. The molecule has 1 heterocycles. The molecule has 0 amide bonds. The van der Waals surface area contributed by atoms with Crippen LogP contribution in [-0.4, -0.2) is 22.9 Å². The van der Waals surface area contributed by atoms with E-state index < -0.39 is 14.6 Å². The van der Waals surface area contributed by atoms with Gasteiger partial charge in [-0.1, -0.05) is 0 Å². The molecule has 0 unspecified atom stereocenters. The lowest BCUT2D eigenvalue weighted by molar-refractivity contribution is 0.553. The van der Waals surface area contributed by atoms with Crippen LogP contribution in [0.3, 0.4) is 0 Å². The summed E-state index contributed by atoms with van der Waals surface area (Å²) >= 11 is 0. The molecular formula is C8H14N2O2S. The van der Waals surface area contributed by atoms with Gasteiger partial charge in [-0.05, 0) is 26.8 Å². The highest BCUT2D eigenvalue weighted by Gasteiger charge is 2.32. The largest absolute Gasteiger partial charge is 0.275 e. The summed E-state index contributed by atoms with van der Waals surface area (Å²) in [6, 6.07) is 1.51. The van der Waals surface area contributed by atoms with Crippen LogP contribution >= 0.6 is 0 Å². The van der Waals surface area contributed by atoms with Gasteiger partial charge in [0.2, 0.25) is 9.84 Å². The zero-order valence-electron chi connectivity index (χ0n) is 8.27.